The number of hydrogen-bond donors (Lipinski definition) is 2. The zero-order chi connectivity index (χ0) is 11.4. The molecule has 1 fully saturated rings. The Balaban J connectivity index is 2.15. The van der Waals surface area contributed by atoms with Gasteiger partial charge in [-0.05, 0) is 18.9 Å². The lowest BCUT2D eigenvalue weighted by atomic mass is 9.82. The zero-order valence-electron chi connectivity index (χ0n) is 9.25. The van der Waals surface area contributed by atoms with Crippen molar-refractivity contribution in [3.63, 3.8) is 0 Å². The van der Waals surface area contributed by atoms with Crippen molar-refractivity contribution in [1.29, 1.82) is 0 Å². The van der Waals surface area contributed by atoms with Crippen LogP contribution in [-0.4, -0.2) is 22.2 Å². The Hall–Kier alpha value is -0.800. The van der Waals surface area contributed by atoms with Gasteiger partial charge in [0.05, 0.1) is 22.9 Å². The van der Waals surface area contributed by atoms with Gasteiger partial charge in [-0.25, -0.2) is 0 Å². The van der Waals surface area contributed by atoms with Gasteiger partial charge in [0.25, 0.3) is 0 Å². The molecule has 0 atom stereocenters. The summed E-state index contributed by atoms with van der Waals surface area (Å²) >= 11 is 6.06. The number of pyridine rings is 1. The molecule has 0 aromatic carbocycles. The predicted molar refractivity (Wildman–Crippen MR) is 65.8 cm³/mol. The lowest BCUT2D eigenvalue weighted by Gasteiger charge is -2.37. The Kier molecular flexibility index (Phi) is 3.66. The first-order valence-corrected chi connectivity index (χ1v) is 6.12. The van der Waals surface area contributed by atoms with Crippen LogP contribution in [-0.2, 0) is 0 Å². The Bertz CT molecular complexity index is 351. The van der Waals surface area contributed by atoms with Gasteiger partial charge in [0, 0.05) is 12.4 Å². The molecule has 1 aromatic rings. The monoisotopic (exact) mass is 240 g/mol. The fourth-order valence-corrected chi connectivity index (χ4v) is 2.48. The van der Waals surface area contributed by atoms with E-state index < -0.39 is 0 Å². The van der Waals surface area contributed by atoms with E-state index in [4.69, 9.17) is 11.6 Å². The summed E-state index contributed by atoms with van der Waals surface area (Å²) in [6.45, 7) is 0.158. The highest BCUT2D eigenvalue weighted by Gasteiger charge is 2.31. The molecule has 4 heteroatoms. The average molecular weight is 241 g/mol. The van der Waals surface area contributed by atoms with Crippen LogP contribution in [0.5, 0.6) is 0 Å². The molecule has 0 bridgehead atoms. The SMILES string of the molecule is OCC1(Nc2ccncc2Cl)CCCCC1. The Morgan fingerprint density at radius 2 is 2.12 bits per heavy atom. The van der Waals surface area contributed by atoms with Gasteiger partial charge in [-0.1, -0.05) is 30.9 Å². The van der Waals surface area contributed by atoms with Gasteiger partial charge >= 0.3 is 0 Å². The van der Waals surface area contributed by atoms with Gasteiger partial charge in [-0.3, -0.25) is 4.98 Å². The van der Waals surface area contributed by atoms with E-state index in [2.05, 4.69) is 10.3 Å². The standard InChI is InChI=1S/C12H17ClN2O/c13-10-8-14-7-4-11(10)15-12(9-16)5-2-1-3-6-12/h4,7-8,16H,1-3,5-6,9H2,(H,14,15). The van der Waals surface area contributed by atoms with E-state index in [9.17, 15) is 5.11 Å². The highest BCUT2D eigenvalue weighted by atomic mass is 35.5. The Morgan fingerprint density at radius 1 is 1.38 bits per heavy atom. The van der Waals surface area contributed by atoms with Crippen LogP contribution in [0.4, 0.5) is 5.69 Å². The molecule has 1 aliphatic carbocycles. The number of hydrogen-bond acceptors (Lipinski definition) is 3. The molecule has 0 radical (unpaired) electrons. The first-order valence-electron chi connectivity index (χ1n) is 5.74. The molecular weight excluding hydrogens is 224 g/mol. The highest BCUT2D eigenvalue weighted by molar-refractivity contribution is 6.33. The number of aliphatic hydroxyl groups is 1. The van der Waals surface area contributed by atoms with Crippen molar-refractivity contribution < 1.29 is 5.11 Å². The summed E-state index contributed by atoms with van der Waals surface area (Å²) in [5, 5.41) is 13.6. The summed E-state index contributed by atoms with van der Waals surface area (Å²) in [5.41, 5.74) is 0.677. The summed E-state index contributed by atoms with van der Waals surface area (Å²) in [5.74, 6) is 0. The van der Waals surface area contributed by atoms with Gasteiger partial charge in [0.1, 0.15) is 0 Å². The van der Waals surface area contributed by atoms with Crippen molar-refractivity contribution >= 4 is 17.3 Å². The molecule has 1 heterocycles. The van der Waals surface area contributed by atoms with Crippen LogP contribution >= 0.6 is 11.6 Å². The third-order valence-electron chi connectivity index (χ3n) is 3.29. The van der Waals surface area contributed by atoms with Crippen LogP contribution < -0.4 is 5.32 Å². The second kappa shape index (κ2) is 5.02. The highest BCUT2D eigenvalue weighted by Crippen LogP contribution is 2.33. The number of nitrogens with one attached hydrogen (secondary N) is 1. The molecule has 1 aliphatic rings. The first-order chi connectivity index (χ1) is 7.76. The van der Waals surface area contributed by atoms with Gasteiger partial charge in [0.2, 0.25) is 0 Å². The van der Waals surface area contributed by atoms with Gasteiger partial charge in [-0.15, -0.1) is 0 Å². The van der Waals surface area contributed by atoms with Crippen LogP contribution in [0.3, 0.4) is 0 Å². The minimum atomic E-state index is -0.191. The molecule has 1 saturated carbocycles. The van der Waals surface area contributed by atoms with E-state index in [1.807, 2.05) is 6.07 Å². The van der Waals surface area contributed by atoms with Crippen molar-refractivity contribution in [3.05, 3.63) is 23.5 Å². The van der Waals surface area contributed by atoms with Crippen molar-refractivity contribution in [2.24, 2.45) is 0 Å². The molecule has 0 spiro atoms. The predicted octanol–water partition coefficient (Wildman–Crippen LogP) is 2.84. The number of halogens is 1. The minimum Gasteiger partial charge on any atom is -0.394 e. The smallest absolute Gasteiger partial charge is 0.0820 e. The maximum Gasteiger partial charge on any atom is 0.0820 e. The van der Waals surface area contributed by atoms with Gasteiger partial charge in [-0.2, -0.15) is 0 Å². The van der Waals surface area contributed by atoms with Crippen LogP contribution in [0, 0.1) is 0 Å². The van der Waals surface area contributed by atoms with E-state index in [1.165, 1.54) is 6.42 Å². The second-order valence-electron chi connectivity index (χ2n) is 4.48. The van der Waals surface area contributed by atoms with Gasteiger partial charge < -0.3 is 10.4 Å². The van der Waals surface area contributed by atoms with E-state index >= 15 is 0 Å². The summed E-state index contributed by atoms with van der Waals surface area (Å²) < 4.78 is 0. The quantitative estimate of drug-likeness (QED) is 0.854. The number of rotatable bonds is 3. The molecule has 0 saturated heterocycles. The van der Waals surface area contributed by atoms with Crippen LogP contribution in [0.1, 0.15) is 32.1 Å². The Morgan fingerprint density at radius 3 is 2.75 bits per heavy atom. The third-order valence-corrected chi connectivity index (χ3v) is 3.59. The van der Waals surface area contributed by atoms with Crippen molar-refractivity contribution in [3.8, 4) is 0 Å². The lowest BCUT2D eigenvalue weighted by molar-refractivity contribution is 0.173. The largest absolute Gasteiger partial charge is 0.394 e. The lowest BCUT2D eigenvalue weighted by Crippen LogP contribution is -2.43. The molecule has 88 valence electrons. The molecule has 3 nitrogen and oxygen atoms in total. The van der Waals surface area contributed by atoms with E-state index in [1.54, 1.807) is 12.4 Å². The molecular formula is C12H17ClN2O. The number of aliphatic hydroxyl groups excluding tert-OH is 1. The molecule has 0 aliphatic heterocycles. The maximum absolute atomic E-state index is 9.57. The first kappa shape index (κ1) is 11.7. The summed E-state index contributed by atoms with van der Waals surface area (Å²) in [7, 11) is 0. The zero-order valence-corrected chi connectivity index (χ0v) is 10.0. The second-order valence-corrected chi connectivity index (χ2v) is 4.89. The topological polar surface area (TPSA) is 45.1 Å². The van der Waals surface area contributed by atoms with Crippen LogP contribution in [0.2, 0.25) is 5.02 Å². The fraction of sp³-hybridized carbons (Fsp3) is 0.583. The van der Waals surface area contributed by atoms with E-state index in [0.717, 1.165) is 31.4 Å². The molecule has 1 aromatic heterocycles. The van der Waals surface area contributed by atoms with E-state index in [0.29, 0.717) is 5.02 Å². The molecule has 2 N–H and O–H groups in total. The molecule has 16 heavy (non-hydrogen) atoms. The van der Waals surface area contributed by atoms with Crippen molar-refractivity contribution in [2.75, 3.05) is 11.9 Å². The number of nitrogens with zero attached hydrogens (tertiary/aromatic N) is 1. The normalized spacial score (nSPS) is 19.4. The number of aromatic nitrogens is 1. The van der Waals surface area contributed by atoms with Crippen molar-refractivity contribution in [2.45, 2.75) is 37.6 Å². The van der Waals surface area contributed by atoms with Crippen LogP contribution in [0.25, 0.3) is 0 Å². The molecule has 0 unspecified atom stereocenters. The maximum atomic E-state index is 9.57. The number of anilines is 1. The fourth-order valence-electron chi connectivity index (χ4n) is 2.31. The summed E-state index contributed by atoms with van der Waals surface area (Å²) in [6.07, 6.45) is 8.92. The average Bonchev–Trinajstić information content (AvgIpc) is 2.33. The van der Waals surface area contributed by atoms with Gasteiger partial charge in [0.15, 0.2) is 0 Å². The third kappa shape index (κ3) is 2.47. The summed E-state index contributed by atoms with van der Waals surface area (Å²) in [6, 6.07) is 1.86. The van der Waals surface area contributed by atoms with E-state index in [-0.39, 0.29) is 12.1 Å². The minimum absolute atomic E-state index is 0.158. The van der Waals surface area contributed by atoms with Crippen LogP contribution in [0.15, 0.2) is 18.5 Å². The molecule has 2 rings (SSSR count). The summed E-state index contributed by atoms with van der Waals surface area (Å²) in [4.78, 5) is 3.95. The Labute approximate surface area is 101 Å². The molecule has 0 amide bonds. The van der Waals surface area contributed by atoms with Crippen molar-refractivity contribution in [1.82, 2.24) is 4.98 Å².